The van der Waals surface area contributed by atoms with Crippen LogP contribution in [0.25, 0.3) is 21.9 Å². The molecule has 0 saturated carbocycles. The van der Waals surface area contributed by atoms with Gasteiger partial charge in [0.15, 0.2) is 5.82 Å². The highest BCUT2D eigenvalue weighted by molar-refractivity contribution is 6.27. The fourth-order valence-electron chi connectivity index (χ4n) is 5.45. The second-order valence-corrected chi connectivity index (χ2v) is 12.2. The molecule has 1 unspecified atom stereocenters. The Balaban J connectivity index is 1.59. The quantitative estimate of drug-likeness (QED) is 0.0718. The van der Waals surface area contributed by atoms with E-state index >= 15 is 0 Å². The molecule has 43 heavy (non-hydrogen) atoms. The van der Waals surface area contributed by atoms with Gasteiger partial charge in [-0.3, -0.25) is 4.79 Å². The number of phenols is 2. The number of halogens is 1. The number of anilines is 1. The number of nitrogens with one attached hydrogen (secondary N) is 1. The lowest BCUT2D eigenvalue weighted by Gasteiger charge is -2.26. The number of hydrogen-bond acceptors (Lipinski definition) is 7. The summed E-state index contributed by atoms with van der Waals surface area (Å²) in [6, 6.07) is 10.9. The molecule has 0 bridgehead atoms. The van der Waals surface area contributed by atoms with Gasteiger partial charge in [0.2, 0.25) is 5.91 Å². The maximum absolute atomic E-state index is 11.4. The normalized spacial score (nSPS) is 12.7. The van der Waals surface area contributed by atoms with Crippen molar-refractivity contribution in [3.8, 4) is 11.5 Å². The van der Waals surface area contributed by atoms with Crippen molar-refractivity contribution in [2.24, 2.45) is 0 Å². The Morgan fingerprint density at radius 3 is 2.67 bits per heavy atom. The van der Waals surface area contributed by atoms with Crippen molar-refractivity contribution in [3.63, 3.8) is 0 Å². The molecule has 9 nitrogen and oxygen atoms in total. The largest absolute Gasteiger partial charge is 0.508 e. The maximum atomic E-state index is 11.4. The number of pyridine rings is 1. The zero-order chi connectivity index (χ0) is 31.1. The fraction of sp³-hybridized carbons (Fsp3) is 0.485. The summed E-state index contributed by atoms with van der Waals surface area (Å²) in [5.41, 5.74) is 10.4. The number of amides is 1. The molecule has 4 aromatic rings. The van der Waals surface area contributed by atoms with Gasteiger partial charge in [-0.25, -0.2) is 9.97 Å². The van der Waals surface area contributed by atoms with Crippen molar-refractivity contribution in [1.29, 1.82) is 0 Å². The molecule has 1 atom stereocenters. The van der Waals surface area contributed by atoms with Crippen LogP contribution in [-0.2, 0) is 27.9 Å². The molecule has 5 N–H and O–H groups in total. The van der Waals surface area contributed by atoms with E-state index in [0.717, 1.165) is 60.8 Å². The third-order valence-corrected chi connectivity index (χ3v) is 8.27. The molecule has 0 aliphatic heterocycles. The minimum absolute atomic E-state index is 0.0206. The Morgan fingerprint density at radius 1 is 1.14 bits per heavy atom. The number of aryl methyl sites for hydroxylation is 1. The first-order valence-corrected chi connectivity index (χ1v) is 15.6. The number of imidazole rings is 1. The summed E-state index contributed by atoms with van der Waals surface area (Å²) in [5.74, 6) is 1.26. The lowest BCUT2D eigenvalue weighted by molar-refractivity contribution is -0.119. The maximum Gasteiger partial charge on any atom is 0.235 e. The minimum Gasteiger partial charge on any atom is -0.508 e. The van der Waals surface area contributed by atoms with Gasteiger partial charge in [0, 0.05) is 36.6 Å². The van der Waals surface area contributed by atoms with Gasteiger partial charge >= 0.3 is 0 Å². The van der Waals surface area contributed by atoms with Crippen LogP contribution >= 0.6 is 11.6 Å². The van der Waals surface area contributed by atoms with E-state index < -0.39 is 0 Å². The van der Waals surface area contributed by atoms with E-state index in [0.29, 0.717) is 36.7 Å². The van der Waals surface area contributed by atoms with Crippen LogP contribution in [0.1, 0.15) is 76.8 Å². The van der Waals surface area contributed by atoms with E-state index in [1.165, 1.54) is 17.7 Å². The van der Waals surface area contributed by atoms with Gasteiger partial charge in [-0.05, 0) is 73.9 Å². The molecule has 0 spiro atoms. The number of nitrogens with two attached hydrogens (primary N) is 1. The number of ether oxygens (including phenoxy) is 1. The topological polar surface area (TPSA) is 136 Å². The van der Waals surface area contributed by atoms with E-state index in [1.807, 2.05) is 13.0 Å². The molecule has 2 aromatic heterocycles. The average molecular weight is 610 g/mol. The lowest BCUT2D eigenvalue weighted by atomic mass is 9.80. The van der Waals surface area contributed by atoms with E-state index in [4.69, 9.17) is 32.0 Å². The smallest absolute Gasteiger partial charge is 0.235 e. The van der Waals surface area contributed by atoms with E-state index in [2.05, 4.69) is 42.8 Å². The van der Waals surface area contributed by atoms with Crippen LogP contribution in [-0.4, -0.2) is 55.8 Å². The molecule has 0 saturated heterocycles. The molecule has 0 fully saturated rings. The summed E-state index contributed by atoms with van der Waals surface area (Å²) in [5, 5.41) is 24.5. The predicted octanol–water partition coefficient (Wildman–Crippen LogP) is 6.18. The van der Waals surface area contributed by atoms with Crippen LogP contribution < -0.4 is 11.1 Å². The summed E-state index contributed by atoms with van der Waals surface area (Å²) in [6.45, 7) is 10.1. The van der Waals surface area contributed by atoms with Crippen molar-refractivity contribution in [2.75, 3.05) is 24.8 Å². The number of aromatic nitrogens is 3. The van der Waals surface area contributed by atoms with Crippen molar-refractivity contribution in [3.05, 3.63) is 53.3 Å². The van der Waals surface area contributed by atoms with Gasteiger partial charge in [-0.1, -0.05) is 33.3 Å². The molecular weight excluding hydrogens is 566 g/mol. The van der Waals surface area contributed by atoms with E-state index in [-0.39, 0.29) is 34.7 Å². The Hall–Kier alpha value is -3.56. The Morgan fingerprint density at radius 2 is 1.93 bits per heavy atom. The Kier molecular flexibility index (Phi) is 10.7. The zero-order valence-electron chi connectivity index (χ0n) is 25.6. The molecule has 2 heterocycles. The molecule has 0 aliphatic rings. The van der Waals surface area contributed by atoms with Crippen LogP contribution in [0.5, 0.6) is 11.5 Å². The second-order valence-electron chi connectivity index (χ2n) is 11.9. The van der Waals surface area contributed by atoms with Crippen LogP contribution in [0.3, 0.4) is 0 Å². The van der Waals surface area contributed by atoms with Gasteiger partial charge in [-0.2, -0.15) is 0 Å². The van der Waals surface area contributed by atoms with Gasteiger partial charge in [0.1, 0.15) is 28.7 Å². The van der Waals surface area contributed by atoms with Crippen LogP contribution in [0, 0.1) is 0 Å². The first kappa shape index (κ1) is 32.4. The molecule has 232 valence electrons. The standard InChI is InChI=1S/C33H44ClN5O4/c1-5-6-8-28-38-30-31(39(28)20-22-17-24(40)10-12-27(22)41)25-18-23(9-11-26(25)37-32(30)35)33(3,4)14-7-15-43-16-13-21(2)36-29(42)19-34/h9-12,17-18,21,40-41H,5-8,13-16,19-20H2,1-4H3,(H2,35,37)(H,36,42). The Bertz CT molecular complexity index is 1570. The zero-order valence-corrected chi connectivity index (χ0v) is 26.4. The van der Waals surface area contributed by atoms with Crippen molar-refractivity contribution in [1.82, 2.24) is 19.9 Å². The Labute approximate surface area is 258 Å². The number of carbonyl (C=O) groups excluding carboxylic acids is 1. The van der Waals surface area contributed by atoms with Crippen LogP contribution in [0.2, 0.25) is 0 Å². The molecule has 0 aliphatic carbocycles. The lowest BCUT2D eigenvalue weighted by Crippen LogP contribution is -2.34. The number of hydrogen-bond donors (Lipinski definition) is 4. The minimum atomic E-state index is -0.167. The number of phenolic OH excluding ortho intramolecular Hbond substituents is 2. The fourth-order valence-corrected chi connectivity index (χ4v) is 5.53. The summed E-state index contributed by atoms with van der Waals surface area (Å²) in [7, 11) is 0. The molecular formula is C33H44ClN5O4. The van der Waals surface area contributed by atoms with Crippen molar-refractivity contribution < 1.29 is 19.7 Å². The first-order chi connectivity index (χ1) is 20.5. The number of aromatic hydroxyl groups is 2. The number of carbonyl (C=O) groups is 1. The highest BCUT2D eigenvalue weighted by atomic mass is 35.5. The average Bonchev–Trinajstić information content (AvgIpc) is 3.34. The number of nitrogens with zero attached hydrogens (tertiary/aromatic N) is 3. The third-order valence-electron chi connectivity index (χ3n) is 8.02. The number of nitrogen functional groups attached to an aromatic ring is 1. The predicted molar refractivity (Wildman–Crippen MR) is 173 cm³/mol. The number of fused-ring (bicyclic) bond motifs is 3. The van der Waals surface area contributed by atoms with E-state index in [1.54, 1.807) is 6.07 Å². The third kappa shape index (κ3) is 7.89. The number of alkyl halides is 1. The van der Waals surface area contributed by atoms with Gasteiger partial charge < -0.3 is 30.6 Å². The number of rotatable bonds is 15. The first-order valence-electron chi connectivity index (χ1n) is 15.1. The van der Waals surface area contributed by atoms with Gasteiger partial charge in [0.25, 0.3) is 0 Å². The number of benzene rings is 2. The van der Waals surface area contributed by atoms with Crippen LogP contribution in [0.15, 0.2) is 36.4 Å². The van der Waals surface area contributed by atoms with Gasteiger partial charge in [0.05, 0.1) is 17.6 Å². The monoisotopic (exact) mass is 609 g/mol. The van der Waals surface area contributed by atoms with E-state index in [9.17, 15) is 15.0 Å². The highest BCUT2D eigenvalue weighted by Crippen LogP contribution is 2.36. The van der Waals surface area contributed by atoms with Crippen molar-refractivity contribution in [2.45, 2.75) is 84.2 Å². The summed E-state index contributed by atoms with van der Waals surface area (Å²) in [4.78, 5) is 21.1. The molecule has 0 radical (unpaired) electrons. The summed E-state index contributed by atoms with van der Waals surface area (Å²) >= 11 is 5.56. The van der Waals surface area contributed by atoms with Crippen LogP contribution in [0.4, 0.5) is 5.82 Å². The number of unbranched alkanes of at least 4 members (excludes halogenated alkanes) is 1. The SMILES string of the molecule is CCCCc1nc2c(N)nc3ccc(C(C)(C)CCCOCCC(C)NC(=O)CCl)cc3c2n1Cc1cc(O)ccc1O. The van der Waals surface area contributed by atoms with Gasteiger partial charge in [-0.15, -0.1) is 11.6 Å². The molecule has 1 amide bonds. The highest BCUT2D eigenvalue weighted by Gasteiger charge is 2.24. The molecule has 4 rings (SSSR count). The molecule has 2 aromatic carbocycles. The summed E-state index contributed by atoms with van der Waals surface area (Å²) in [6.07, 6.45) is 5.27. The van der Waals surface area contributed by atoms with Crippen molar-refractivity contribution >= 4 is 45.3 Å². The molecule has 10 heteroatoms. The summed E-state index contributed by atoms with van der Waals surface area (Å²) < 4.78 is 7.97. The second kappa shape index (κ2) is 14.3.